The molecular weight excluding hydrogens is 837 g/mol. The van der Waals surface area contributed by atoms with Crippen molar-refractivity contribution in [2.75, 3.05) is 19.8 Å². The summed E-state index contributed by atoms with van der Waals surface area (Å²) in [5, 5.41) is 0. The zero-order valence-electron chi connectivity index (χ0n) is 37.2. The first-order valence-electron chi connectivity index (χ1n) is 21.9. The number of hydrogen-bond donors (Lipinski definition) is 0. The molecule has 65 heavy (non-hydrogen) atoms. The van der Waals surface area contributed by atoms with Gasteiger partial charge < -0.3 is 52.1 Å². The molecule has 4 aromatic carbocycles. The van der Waals surface area contributed by atoms with E-state index >= 15 is 0 Å². The van der Waals surface area contributed by atoms with Crippen molar-refractivity contribution in [3.63, 3.8) is 0 Å². The maximum absolute atomic E-state index is 12.7. The van der Waals surface area contributed by atoms with Gasteiger partial charge in [-0.2, -0.15) is 0 Å². The van der Waals surface area contributed by atoms with E-state index in [1.54, 1.807) is 6.08 Å². The second-order valence-electron chi connectivity index (χ2n) is 15.7. The first kappa shape index (κ1) is 49.2. The maximum Gasteiger partial charge on any atom is 0.303 e. The molecule has 6 rings (SSSR count). The average Bonchev–Trinajstić information content (AvgIpc) is 3.31. The molecule has 2 saturated heterocycles. The van der Waals surface area contributed by atoms with Gasteiger partial charge in [0.15, 0.2) is 30.9 Å². The van der Waals surface area contributed by atoms with Crippen molar-refractivity contribution >= 4 is 17.9 Å². The van der Waals surface area contributed by atoms with Crippen LogP contribution in [0.15, 0.2) is 134 Å². The summed E-state index contributed by atoms with van der Waals surface area (Å²) in [5.74, 6) is -2.10. The third-order valence-electron chi connectivity index (χ3n) is 10.6. The number of rotatable bonds is 24. The van der Waals surface area contributed by atoms with E-state index in [2.05, 4.69) is 6.58 Å². The molecule has 14 heteroatoms. The lowest BCUT2D eigenvalue weighted by molar-refractivity contribution is -0.346. The molecule has 4 aromatic rings. The minimum Gasteiger partial charge on any atom is -0.456 e. The Kier molecular flexibility index (Phi) is 19.7. The van der Waals surface area contributed by atoms with Crippen LogP contribution in [0.1, 0.15) is 55.9 Å². The minimum atomic E-state index is -1.33. The van der Waals surface area contributed by atoms with Gasteiger partial charge >= 0.3 is 17.9 Å². The van der Waals surface area contributed by atoms with Crippen LogP contribution in [0.25, 0.3) is 0 Å². The smallest absolute Gasteiger partial charge is 0.303 e. The van der Waals surface area contributed by atoms with Crippen LogP contribution in [0.3, 0.4) is 0 Å². The highest BCUT2D eigenvalue weighted by molar-refractivity contribution is 5.68. The van der Waals surface area contributed by atoms with E-state index in [-0.39, 0.29) is 39.6 Å². The van der Waals surface area contributed by atoms with Crippen molar-refractivity contribution in [2.24, 2.45) is 0 Å². The number of esters is 3. The number of allylic oxidation sites excluding steroid dienone is 1. The lowest BCUT2D eigenvalue weighted by Gasteiger charge is -2.47. The molecule has 348 valence electrons. The number of carbonyl (C=O) groups is 3. The molecule has 2 aliphatic rings. The molecule has 0 spiro atoms. The lowest BCUT2D eigenvalue weighted by Crippen LogP contribution is -2.64. The van der Waals surface area contributed by atoms with Gasteiger partial charge in [0.25, 0.3) is 0 Å². The van der Waals surface area contributed by atoms with E-state index in [9.17, 15) is 14.4 Å². The fraction of sp³-hybridized carbons (Fsp3) is 0.431. The van der Waals surface area contributed by atoms with Crippen LogP contribution < -0.4 is 0 Å². The molecule has 0 bridgehead atoms. The summed E-state index contributed by atoms with van der Waals surface area (Å²) in [7, 11) is 0. The summed E-state index contributed by atoms with van der Waals surface area (Å²) >= 11 is 0. The Balaban J connectivity index is 1.36. The average molecular weight is 897 g/mol. The van der Waals surface area contributed by atoms with Gasteiger partial charge in [0.2, 0.25) is 0 Å². The summed E-state index contributed by atoms with van der Waals surface area (Å²) in [5.41, 5.74) is 3.74. The Morgan fingerprint density at radius 3 is 1.38 bits per heavy atom. The molecule has 2 heterocycles. The van der Waals surface area contributed by atoms with E-state index in [1.807, 2.05) is 121 Å². The highest BCUT2D eigenvalue weighted by atomic mass is 16.8. The molecule has 0 aromatic heterocycles. The van der Waals surface area contributed by atoms with Gasteiger partial charge in [-0.25, -0.2) is 0 Å². The van der Waals surface area contributed by atoms with Crippen molar-refractivity contribution in [3.05, 3.63) is 156 Å². The Hall–Kier alpha value is -5.29. The van der Waals surface area contributed by atoms with Gasteiger partial charge in [0.05, 0.1) is 46.2 Å². The Labute approximate surface area is 380 Å². The number of carbonyl (C=O) groups excluding carboxylic acids is 3. The number of hydrogen-bond acceptors (Lipinski definition) is 14. The van der Waals surface area contributed by atoms with Crippen LogP contribution in [0.4, 0.5) is 0 Å². The fourth-order valence-corrected chi connectivity index (χ4v) is 7.62. The van der Waals surface area contributed by atoms with Gasteiger partial charge in [0, 0.05) is 20.8 Å². The molecule has 0 saturated carbocycles. The van der Waals surface area contributed by atoms with Gasteiger partial charge in [-0.15, -0.1) is 6.58 Å². The van der Waals surface area contributed by atoms with E-state index in [0.717, 1.165) is 22.3 Å². The Morgan fingerprint density at radius 2 is 0.892 bits per heavy atom. The van der Waals surface area contributed by atoms with Crippen LogP contribution >= 0.6 is 0 Å². The summed E-state index contributed by atoms with van der Waals surface area (Å²) < 4.78 is 70.0. The van der Waals surface area contributed by atoms with Gasteiger partial charge in [-0.05, 0) is 35.1 Å². The Bertz CT molecular complexity index is 2020. The standard InChI is InChI=1S/C51H60O14/c1-5-6-19-28-56-51-49(63-37(4)54)47(62-36(3)53)45(61-35(2)52)43(65-51)34-60-50-48(59-32-41-26-17-10-18-27-41)46(58-31-40-24-15-9-16-25-40)44(57-30-39-22-13-8-14-23-39)42(64-50)33-55-29-38-20-11-7-12-21-38/h5,7-18,20-27,42-51H,1,6,19,28-34H2,2-4H3/t42?,43?,44-,45-,46?,47?,48?,49?,50-,51-/m1/s1. The third-order valence-corrected chi connectivity index (χ3v) is 10.6. The van der Waals surface area contributed by atoms with Crippen LogP contribution in [-0.2, 0) is 92.9 Å². The van der Waals surface area contributed by atoms with Gasteiger partial charge in [0.1, 0.15) is 30.5 Å². The molecular formula is C51H60O14. The van der Waals surface area contributed by atoms with Crippen molar-refractivity contribution in [2.45, 2.75) is 121 Å². The zero-order chi connectivity index (χ0) is 45.8. The summed E-state index contributed by atoms with van der Waals surface area (Å²) in [6, 6.07) is 39.0. The molecule has 0 N–H and O–H groups in total. The van der Waals surface area contributed by atoms with Gasteiger partial charge in [-0.3, -0.25) is 14.4 Å². The number of benzene rings is 4. The van der Waals surface area contributed by atoms with E-state index < -0.39 is 79.3 Å². The van der Waals surface area contributed by atoms with E-state index in [4.69, 9.17) is 52.1 Å². The molecule has 0 aliphatic carbocycles. The predicted octanol–water partition coefficient (Wildman–Crippen LogP) is 7.20. The molecule has 14 nitrogen and oxygen atoms in total. The summed E-state index contributed by atoms with van der Waals surface area (Å²) in [6.07, 6.45) is -7.73. The molecule has 2 fully saturated rings. The molecule has 0 radical (unpaired) electrons. The van der Waals surface area contributed by atoms with Crippen molar-refractivity contribution in [3.8, 4) is 0 Å². The highest BCUT2D eigenvalue weighted by Gasteiger charge is 2.54. The van der Waals surface area contributed by atoms with Crippen LogP contribution in [0.5, 0.6) is 0 Å². The second-order valence-corrected chi connectivity index (χ2v) is 15.7. The maximum atomic E-state index is 12.7. The molecule has 10 atom stereocenters. The first-order valence-corrected chi connectivity index (χ1v) is 21.9. The number of unbranched alkanes of at least 4 members (excludes halogenated alkanes) is 1. The normalized spacial score (nSPS) is 25.3. The fourth-order valence-electron chi connectivity index (χ4n) is 7.62. The summed E-state index contributed by atoms with van der Waals surface area (Å²) in [6.45, 7) is 8.26. The lowest BCUT2D eigenvalue weighted by atomic mass is 9.97. The van der Waals surface area contributed by atoms with Crippen LogP contribution in [0.2, 0.25) is 0 Å². The SMILES string of the molecule is C=CCCCO[C@@H]1OC(CO[C@@H]2OC(COCc3ccccc3)[C@@H](OCc3ccccc3)C(OCc3ccccc3)C2OCc2ccccc2)[C@@H](OC(C)=O)C(OC(C)=O)C1OC(C)=O. The summed E-state index contributed by atoms with van der Waals surface area (Å²) in [4.78, 5) is 37.8. The monoisotopic (exact) mass is 896 g/mol. The van der Waals surface area contributed by atoms with Crippen molar-refractivity contribution in [1.29, 1.82) is 0 Å². The van der Waals surface area contributed by atoms with Crippen molar-refractivity contribution < 1.29 is 66.5 Å². The van der Waals surface area contributed by atoms with Crippen LogP contribution in [-0.4, -0.2) is 99.1 Å². The van der Waals surface area contributed by atoms with E-state index in [1.165, 1.54) is 20.8 Å². The second kappa shape index (κ2) is 26.0. The van der Waals surface area contributed by atoms with Crippen molar-refractivity contribution in [1.82, 2.24) is 0 Å². The minimum absolute atomic E-state index is 0.0834. The molecule has 6 unspecified atom stereocenters. The zero-order valence-corrected chi connectivity index (χ0v) is 37.2. The number of ether oxygens (including phenoxy) is 11. The first-order chi connectivity index (χ1) is 31.7. The quantitative estimate of drug-likeness (QED) is 0.0302. The van der Waals surface area contributed by atoms with Gasteiger partial charge in [-0.1, -0.05) is 127 Å². The third kappa shape index (κ3) is 15.4. The highest BCUT2D eigenvalue weighted by Crippen LogP contribution is 2.34. The molecule has 2 aliphatic heterocycles. The largest absolute Gasteiger partial charge is 0.456 e. The molecule has 0 amide bonds. The van der Waals surface area contributed by atoms with E-state index in [0.29, 0.717) is 19.4 Å². The predicted molar refractivity (Wildman–Crippen MR) is 236 cm³/mol. The van der Waals surface area contributed by atoms with Crippen LogP contribution in [0, 0.1) is 0 Å². The Morgan fingerprint density at radius 1 is 0.477 bits per heavy atom. The topological polar surface area (TPSA) is 153 Å².